The molecule has 3 nitrogen and oxygen atoms in total. The minimum atomic E-state index is -0.326. The molecule has 0 aromatic heterocycles. The normalized spacial score (nSPS) is 9.88. The van der Waals surface area contributed by atoms with E-state index in [1.54, 1.807) is 36.4 Å². The van der Waals surface area contributed by atoms with Gasteiger partial charge in [-0.05, 0) is 29.8 Å². The zero-order chi connectivity index (χ0) is 12.1. The van der Waals surface area contributed by atoms with Gasteiger partial charge < -0.3 is 10.5 Å². The Morgan fingerprint density at radius 3 is 2.53 bits per heavy atom. The molecule has 2 N–H and O–H groups in total. The Balaban J connectivity index is 1.97. The lowest BCUT2D eigenvalue weighted by Crippen LogP contribution is -2.05. The maximum absolute atomic E-state index is 11.6. The third kappa shape index (κ3) is 3.08. The van der Waals surface area contributed by atoms with Crippen molar-refractivity contribution in [1.29, 1.82) is 0 Å². The van der Waals surface area contributed by atoms with Crippen molar-refractivity contribution in [1.82, 2.24) is 0 Å². The number of anilines is 1. The number of nitrogens with two attached hydrogens (primary N) is 1. The molecule has 2 aromatic carbocycles. The number of rotatable bonds is 3. The summed E-state index contributed by atoms with van der Waals surface area (Å²) in [6, 6.07) is 16.2. The highest BCUT2D eigenvalue weighted by molar-refractivity contribution is 5.89. The zero-order valence-electron chi connectivity index (χ0n) is 9.30. The molecule has 0 aliphatic heterocycles. The van der Waals surface area contributed by atoms with E-state index in [4.69, 9.17) is 10.5 Å². The molecule has 0 spiro atoms. The van der Waals surface area contributed by atoms with Crippen LogP contribution in [-0.2, 0) is 11.3 Å². The molecule has 0 saturated carbocycles. The van der Waals surface area contributed by atoms with Crippen LogP contribution in [0.25, 0.3) is 0 Å². The first-order valence-corrected chi connectivity index (χ1v) is 5.32. The number of carbonyl (C=O) groups excluding carboxylic acids is 1. The van der Waals surface area contributed by atoms with E-state index in [1.807, 2.05) is 18.2 Å². The zero-order valence-corrected chi connectivity index (χ0v) is 9.30. The Bertz CT molecular complexity index is 509. The van der Waals surface area contributed by atoms with Gasteiger partial charge >= 0.3 is 5.97 Å². The highest BCUT2D eigenvalue weighted by Crippen LogP contribution is 2.09. The maximum Gasteiger partial charge on any atom is 0.338 e. The molecular weight excluding hydrogens is 214 g/mol. The lowest BCUT2D eigenvalue weighted by Gasteiger charge is -2.05. The summed E-state index contributed by atoms with van der Waals surface area (Å²) in [6.07, 6.45) is 0. The van der Waals surface area contributed by atoms with Crippen LogP contribution in [0.1, 0.15) is 15.9 Å². The number of hydrogen-bond donors (Lipinski definition) is 1. The van der Waals surface area contributed by atoms with Crippen molar-refractivity contribution in [2.45, 2.75) is 6.61 Å². The lowest BCUT2D eigenvalue weighted by atomic mass is 10.2. The molecule has 0 amide bonds. The fourth-order valence-electron chi connectivity index (χ4n) is 1.49. The monoisotopic (exact) mass is 227 g/mol. The first-order valence-electron chi connectivity index (χ1n) is 5.32. The molecule has 0 aliphatic rings. The van der Waals surface area contributed by atoms with Crippen molar-refractivity contribution in [3.05, 3.63) is 65.7 Å². The summed E-state index contributed by atoms with van der Waals surface area (Å²) in [4.78, 5) is 11.6. The quantitative estimate of drug-likeness (QED) is 0.647. The lowest BCUT2D eigenvalue weighted by molar-refractivity contribution is 0.0473. The van der Waals surface area contributed by atoms with Crippen LogP contribution in [0.3, 0.4) is 0 Å². The SMILES string of the molecule is Nc1cccc(COC(=O)c2ccccc2)c1. The van der Waals surface area contributed by atoms with Gasteiger partial charge in [-0.3, -0.25) is 0 Å². The molecule has 0 saturated heterocycles. The van der Waals surface area contributed by atoms with Crippen LogP contribution in [0.15, 0.2) is 54.6 Å². The molecule has 0 atom stereocenters. The van der Waals surface area contributed by atoms with E-state index in [9.17, 15) is 4.79 Å². The number of carbonyl (C=O) groups is 1. The summed E-state index contributed by atoms with van der Waals surface area (Å²) in [5.74, 6) is -0.326. The Morgan fingerprint density at radius 1 is 1.06 bits per heavy atom. The van der Waals surface area contributed by atoms with Gasteiger partial charge in [-0.2, -0.15) is 0 Å². The summed E-state index contributed by atoms with van der Waals surface area (Å²) >= 11 is 0. The molecule has 0 aliphatic carbocycles. The van der Waals surface area contributed by atoms with Crippen LogP contribution in [0.2, 0.25) is 0 Å². The Kier molecular flexibility index (Phi) is 3.40. The summed E-state index contributed by atoms with van der Waals surface area (Å²) in [7, 11) is 0. The van der Waals surface area contributed by atoms with E-state index < -0.39 is 0 Å². The fraction of sp³-hybridized carbons (Fsp3) is 0.0714. The van der Waals surface area contributed by atoms with Gasteiger partial charge in [0.05, 0.1) is 5.56 Å². The smallest absolute Gasteiger partial charge is 0.338 e. The Labute approximate surface area is 99.8 Å². The molecule has 2 rings (SSSR count). The second-order valence-corrected chi connectivity index (χ2v) is 3.69. The van der Waals surface area contributed by atoms with Gasteiger partial charge in [-0.1, -0.05) is 30.3 Å². The number of nitrogen functional groups attached to an aromatic ring is 1. The maximum atomic E-state index is 11.6. The summed E-state index contributed by atoms with van der Waals surface area (Å²) in [5.41, 5.74) is 7.74. The van der Waals surface area contributed by atoms with Crippen LogP contribution in [0.5, 0.6) is 0 Å². The Hall–Kier alpha value is -2.29. The van der Waals surface area contributed by atoms with Crippen LogP contribution < -0.4 is 5.73 Å². The molecule has 2 aromatic rings. The van der Waals surface area contributed by atoms with Gasteiger partial charge in [0.15, 0.2) is 0 Å². The Morgan fingerprint density at radius 2 is 1.82 bits per heavy atom. The third-order valence-electron chi connectivity index (χ3n) is 2.33. The van der Waals surface area contributed by atoms with Gasteiger partial charge in [0.1, 0.15) is 6.61 Å². The summed E-state index contributed by atoms with van der Waals surface area (Å²) in [6.45, 7) is 0.235. The van der Waals surface area contributed by atoms with Crippen molar-refractivity contribution in [2.75, 3.05) is 5.73 Å². The minimum absolute atomic E-state index is 0.235. The largest absolute Gasteiger partial charge is 0.457 e. The van der Waals surface area contributed by atoms with Crippen LogP contribution in [-0.4, -0.2) is 5.97 Å². The number of benzene rings is 2. The molecule has 3 heteroatoms. The molecular formula is C14H13NO2. The molecule has 0 unspecified atom stereocenters. The van der Waals surface area contributed by atoms with E-state index in [0.717, 1.165) is 5.56 Å². The van der Waals surface area contributed by atoms with Gasteiger partial charge in [-0.25, -0.2) is 4.79 Å². The molecule has 0 heterocycles. The van der Waals surface area contributed by atoms with Gasteiger partial charge in [-0.15, -0.1) is 0 Å². The third-order valence-corrected chi connectivity index (χ3v) is 2.33. The summed E-state index contributed by atoms with van der Waals surface area (Å²) in [5, 5.41) is 0. The standard InChI is InChI=1S/C14H13NO2/c15-13-8-4-5-11(9-13)10-17-14(16)12-6-2-1-3-7-12/h1-9H,10,15H2. The molecule has 0 fully saturated rings. The van der Waals surface area contributed by atoms with E-state index >= 15 is 0 Å². The van der Waals surface area contributed by atoms with E-state index in [-0.39, 0.29) is 12.6 Å². The average Bonchev–Trinajstić information content (AvgIpc) is 2.37. The van der Waals surface area contributed by atoms with E-state index in [1.165, 1.54) is 0 Å². The highest BCUT2D eigenvalue weighted by Gasteiger charge is 2.05. The van der Waals surface area contributed by atoms with Crippen molar-refractivity contribution in [3.63, 3.8) is 0 Å². The van der Waals surface area contributed by atoms with E-state index in [0.29, 0.717) is 11.3 Å². The van der Waals surface area contributed by atoms with Crippen molar-refractivity contribution in [2.24, 2.45) is 0 Å². The topological polar surface area (TPSA) is 52.3 Å². The second-order valence-electron chi connectivity index (χ2n) is 3.69. The first kappa shape index (κ1) is 11.2. The van der Waals surface area contributed by atoms with Crippen molar-refractivity contribution < 1.29 is 9.53 Å². The number of esters is 1. The van der Waals surface area contributed by atoms with Gasteiger partial charge in [0.25, 0.3) is 0 Å². The second kappa shape index (κ2) is 5.16. The van der Waals surface area contributed by atoms with Crippen LogP contribution in [0.4, 0.5) is 5.69 Å². The summed E-state index contributed by atoms with van der Waals surface area (Å²) < 4.78 is 5.17. The highest BCUT2D eigenvalue weighted by atomic mass is 16.5. The average molecular weight is 227 g/mol. The van der Waals surface area contributed by atoms with Gasteiger partial charge in [0, 0.05) is 5.69 Å². The van der Waals surface area contributed by atoms with Crippen LogP contribution in [0, 0.1) is 0 Å². The predicted molar refractivity (Wildman–Crippen MR) is 66.4 cm³/mol. The van der Waals surface area contributed by atoms with E-state index in [2.05, 4.69) is 0 Å². The number of hydrogen-bond acceptors (Lipinski definition) is 3. The van der Waals surface area contributed by atoms with Crippen LogP contribution >= 0.6 is 0 Å². The molecule has 0 bridgehead atoms. The molecule has 17 heavy (non-hydrogen) atoms. The fourth-order valence-corrected chi connectivity index (χ4v) is 1.49. The van der Waals surface area contributed by atoms with Crippen molar-refractivity contribution >= 4 is 11.7 Å². The molecule has 86 valence electrons. The predicted octanol–water partition coefficient (Wildman–Crippen LogP) is 2.63. The molecule has 0 radical (unpaired) electrons. The van der Waals surface area contributed by atoms with Crippen molar-refractivity contribution in [3.8, 4) is 0 Å². The number of ether oxygens (including phenoxy) is 1. The first-order chi connectivity index (χ1) is 8.25. The van der Waals surface area contributed by atoms with Gasteiger partial charge in [0.2, 0.25) is 0 Å². The minimum Gasteiger partial charge on any atom is -0.457 e.